The fraction of sp³-hybridized carbons (Fsp3) is 0.571. The Balaban J connectivity index is 2.50. The van der Waals surface area contributed by atoms with E-state index in [9.17, 15) is 0 Å². The van der Waals surface area contributed by atoms with Gasteiger partial charge in [0.25, 0.3) is 0 Å². The molecule has 0 aliphatic carbocycles. The number of rotatable bonds is 3. The molecule has 2 nitrogen and oxygen atoms in total. The van der Waals surface area contributed by atoms with Crippen LogP contribution in [0.4, 0.5) is 5.82 Å². The van der Waals surface area contributed by atoms with Crippen LogP contribution in [0.3, 0.4) is 0 Å². The molecule has 1 rings (SSSR count). The molecule has 1 aromatic rings. The van der Waals surface area contributed by atoms with Gasteiger partial charge < -0.3 is 4.90 Å². The average molecular weight is 156 g/mol. The highest BCUT2D eigenvalue weighted by molar-refractivity contribution is 7.07. The molecule has 0 unspecified atom stereocenters. The second-order valence-electron chi connectivity index (χ2n) is 2.27. The van der Waals surface area contributed by atoms with E-state index in [0.717, 1.165) is 12.4 Å². The van der Waals surface area contributed by atoms with Crippen LogP contribution in [0.25, 0.3) is 0 Å². The summed E-state index contributed by atoms with van der Waals surface area (Å²) in [5.41, 5.74) is 1.86. The van der Waals surface area contributed by atoms with Crippen molar-refractivity contribution in [2.45, 2.75) is 13.3 Å². The zero-order valence-corrected chi connectivity index (χ0v) is 7.19. The van der Waals surface area contributed by atoms with Crippen molar-refractivity contribution >= 4 is 17.2 Å². The summed E-state index contributed by atoms with van der Waals surface area (Å²) in [5.74, 6) is 1.09. The molecular weight excluding hydrogens is 144 g/mol. The second kappa shape index (κ2) is 3.56. The molecule has 0 aliphatic heterocycles. The van der Waals surface area contributed by atoms with E-state index in [1.165, 1.54) is 6.42 Å². The van der Waals surface area contributed by atoms with Crippen LogP contribution >= 0.6 is 11.3 Å². The zero-order valence-electron chi connectivity index (χ0n) is 6.37. The normalized spacial score (nSPS) is 9.80. The Bertz CT molecular complexity index is 172. The number of thiazole rings is 1. The van der Waals surface area contributed by atoms with Crippen LogP contribution in [-0.2, 0) is 0 Å². The molecule has 0 aromatic carbocycles. The summed E-state index contributed by atoms with van der Waals surface area (Å²) in [4.78, 5) is 6.34. The van der Waals surface area contributed by atoms with Crippen molar-refractivity contribution in [1.29, 1.82) is 0 Å². The Morgan fingerprint density at radius 3 is 3.00 bits per heavy atom. The van der Waals surface area contributed by atoms with E-state index in [1.54, 1.807) is 11.3 Å². The van der Waals surface area contributed by atoms with E-state index in [-0.39, 0.29) is 0 Å². The van der Waals surface area contributed by atoms with Gasteiger partial charge in [-0.3, -0.25) is 0 Å². The first-order valence-corrected chi connectivity index (χ1v) is 4.38. The van der Waals surface area contributed by atoms with Crippen LogP contribution in [0.1, 0.15) is 13.3 Å². The molecular formula is C7H12N2S. The standard InChI is InChI=1S/C7H12N2S/c1-3-4-9(2)7-5-10-6-8-7/h5-6H,3-4H2,1-2H3. The van der Waals surface area contributed by atoms with Crippen LogP contribution in [0.15, 0.2) is 10.9 Å². The molecule has 1 heterocycles. The summed E-state index contributed by atoms with van der Waals surface area (Å²) < 4.78 is 0. The first-order chi connectivity index (χ1) is 4.84. The van der Waals surface area contributed by atoms with Gasteiger partial charge in [-0.2, -0.15) is 0 Å². The van der Waals surface area contributed by atoms with E-state index < -0.39 is 0 Å². The minimum Gasteiger partial charge on any atom is -0.359 e. The maximum atomic E-state index is 4.18. The van der Waals surface area contributed by atoms with Gasteiger partial charge >= 0.3 is 0 Å². The summed E-state index contributed by atoms with van der Waals surface area (Å²) in [6, 6.07) is 0. The lowest BCUT2D eigenvalue weighted by Crippen LogP contribution is -2.17. The monoisotopic (exact) mass is 156 g/mol. The third-order valence-corrected chi connectivity index (χ3v) is 1.94. The van der Waals surface area contributed by atoms with E-state index in [2.05, 4.69) is 29.2 Å². The SMILES string of the molecule is CCCN(C)c1cscn1. The van der Waals surface area contributed by atoms with Crippen molar-refractivity contribution in [3.8, 4) is 0 Å². The number of hydrogen-bond acceptors (Lipinski definition) is 3. The number of anilines is 1. The molecule has 0 spiro atoms. The first kappa shape index (κ1) is 7.54. The topological polar surface area (TPSA) is 16.1 Å². The lowest BCUT2D eigenvalue weighted by atomic mass is 10.4. The molecule has 0 radical (unpaired) electrons. The summed E-state index contributed by atoms with van der Waals surface area (Å²) in [6.45, 7) is 3.26. The quantitative estimate of drug-likeness (QED) is 0.665. The summed E-state index contributed by atoms with van der Waals surface area (Å²) in [5, 5.41) is 2.07. The summed E-state index contributed by atoms with van der Waals surface area (Å²) >= 11 is 1.64. The molecule has 0 fully saturated rings. The highest BCUT2D eigenvalue weighted by Gasteiger charge is 1.98. The van der Waals surface area contributed by atoms with Crippen molar-refractivity contribution in [2.75, 3.05) is 18.5 Å². The Hall–Kier alpha value is -0.570. The Morgan fingerprint density at radius 2 is 2.50 bits per heavy atom. The fourth-order valence-electron chi connectivity index (χ4n) is 0.845. The Labute approximate surface area is 65.5 Å². The third kappa shape index (κ3) is 1.70. The second-order valence-corrected chi connectivity index (χ2v) is 2.99. The molecule has 1 aromatic heterocycles. The van der Waals surface area contributed by atoms with E-state index in [1.807, 2.05) is 5.51 Å². The van der Waals surface area contributed by atoms with Gasteiger partial charge in [0.1, 0.15) is 5.82 Å². The Morgan fingerprint density at radius 1 is 1.70 bits per heavy atom. The molecule has 56 valence electrons. The van der Waals surface area contributed by atoms with Gasteiger partial charge in [0.15, 0.2) is 0 Å². The van der Waals surface area contributed by atoms with Crippen LogP contribution in [0.2, 0.25) is 0 Å². The van der Waals surface area contributed by atoms with Crippen molar-refractivity contribution in [2.24, 2.45) is 0 Å². The van der Waals surface area contributed by atoms with Gasteiger partial charge in [0.2, 0.25) is 0 Å². The highest BCUT2D eigenvalue weighted by atomic mass is 32.1. The van der Waals surface area contributed by atoms with Crippen molar-refractivity contribution in [1.82, 2.24) is 4.98 Å². The van der Waals surface area contributed by atoms with Crippen LogP contribution in [0.5, 0.6) is 0 Å². The summed E-state index contributed by atoms with van der Waals surface area (Å²) in [6.07, 6.45) is 1.17. The molecule has 10 heavy (non-hydrogen) atoms. The van der Waals surface area contributed by atoms with Gasteiger partial charge in [0.05, 0.1) is 5.51 Å². The van der Waals surface area contributed by atoms with E-state index >= 15 is 0 Å². The van der Waals surface area contributed by atoms with Gasteiger partial charge in [-0.05, 0) is 6.42 Å². The maximum Gasteiger partial charge on any atom is 0.139 e. The lowest BCUT2D eigenvalue weighted by Gasteiger charge is -2.13. The lowest BCUT2D eigenvalue weighted by molar-refractivity contribution is 0.841. The predicted octanol–water partition coefficient (Wildman–Crippen LogP) is 1.99. The molecule has 0 saturated carbocycles. The van der Waals surface area contributed by atoms with Crippen molar-refractivity contribution in [3.05, 3.63) is 10.9 Å². The molecule has 0 N–H and O–H groups in total. The van der Waals surface area contributed by atoms with Crippen molar-refractivity contribution < 1.29 is 0 Å². The molecule has 0 amide bonds. The van der Waals surface area contributed by atoms with Gasteiger partial charge in [0, 0.05) is 19.0 Å². The number of nitrogens with zero attached hydrogens (tertiary/aromatic N) is 2. The number of hydrogen-bond donors (Lipinski definition) is 0. The molecule has 0 saturated heterocycles. The predicted molar refractivity (Wildman–Crippen MR) is 45.7 cm³/mol. The molecule has 0 aliphatic rings. The fourth-order valence-corrected chi connectivity index (χ4v) is 1.44. The summed E-state index contributed by atoms with van der Waals surface area (Å²) in [7, 11) is 2.07. The maximum absolute atomic E-state index is 4.18. The van der Waals surface area contributed by atoms with E-state index in [0.29, 0.717) is 0 Å². The molecule has 3 heteroatoms. The minimum atomic E-state index is 1.09. The molecule has 0 atom stereocenters. The van der Waals surface area contributed by atoms with Crippen LogP contribution in [-0.4, -0.2) is 18.6 Å². The van der Waals surface area contributed by atoms with Gasteiger partial charge in [-0.15, -0.1) is 11.3 Å². The minimum absolute atomic E-state index is 1.09. The highest BCUT2D eigenvalue weighted by Crippen LogP contribution is 2.11. The van der Waals surface area contributed by atoms with Gasteiger partial charge in [-0.25, -0.2) is 4.98 Å². The Kier molecular flexibility index (Phi) is 2.68. The smallest absolute Gasteiger partial charge is 0.139 e. The average Bonchev–Trinajstić information content (AvgIpc) is 2.38. The van der Waals surface area contributed by atoms with E-state index in [4.69, 9.17) is 0 Å². The first-order valence-electron chi connectivity index (χ1n) is 3.44. The van der Waals surface area contributed by atoms with Crippen LogP contribution in [0, 0.1) is 0 Å². The van der Waals surface area contributed by atoms with Gasteiger partial charge in [-0.1, -0.05) is 6.92 Å². The molecule has 0 bridgehead atoms. The zero-order chi connectivity index (χ0) is 7.40. The van der Waals surface area contributed by atoms with Crippen molar-refractivity contribution in [3.63, 3.8) is 0 Å². The third-order valence-electron chi connectivity index (χ3n) is 1.37. The number of aromatic nitrogens is 1. The largest absolute Gasteiger partial charge is 0.359 e. The van der Waals surface area contributed by atoms with Crippen LogP contribution < -0.4 is 4.90 Å².